The van der Waals surface area contributed by atoms with Gasteiger partial charge >= 0.3 is 0 Å². The molecule has 2 heterocycles. The van der Waals surface area contributed by atoms with E-state index in [0.29, 0.717) is 25.1 Å². The van der Waals surface area contributed by atoms with Gasteiger partial charge in [-0.1, -0.05) is 35.5 Å². The van der Waals surface area contributed by atoms with Gasteiger partial charge in [0.25, 0.3) is 5.91 Å². The quantitative estimate of drug-likeness (QED) is 0.632. The van der Waals surface area contributed by atoms with Gasteiger partial charge in [-0.3, -0.25) is 9.69 Å². The molecule has 1 saturated heterocycles. The molecule has 0 aliphatic carbocycles. The fraction of sp³-hybridized carbons (Fsp3) is 0.360. The number of halogens is 1. The minimum absolute atomic E-state index is 0.280. The lowest BCUT2D eigenvalue weighted by atomic mass is 9.79. The number of carbonyl (C=O) groups is 1. The Labute approximate surface area is 187 Å². The number of piperidine rings is 1. The van der Waals surface area contributed by atoms with E-state index >= 15 is 0 Å². The Hall–Kier alpha value is -3.03. The van der Waals surface area contributed by atoms with Crippen LogP contribution < -0.4 is 5.32 Å². The molecule has 1 aliphatic rings. The Morgan fingerprint density at radius 3 is 2.53 bits per heavy atom. The molecule has 0 spiro atoms. The first-order chi connectivity index (χ1) is 15.3. The fourth-order valence-electron chi connectivity index (χ4n) is 4.44. The zero-order valence-electron chi connectivity index (χ0n) is 18.5. The molecule has 32 heavy (non-hydrogen) atoms. The summed E-state index contributed by atoms with van der Waals surface area (Å²) < 4.78 is 18.7. The van der Waals surface area contributed by atoms with Crippen molar-refractivity contribution in [3.05, 3.63) is 88.6 Å². The maximum absolute atomic E-state index is 13.3. The van der Waals surface area contributed by atoms with Gasteiger partial charge in [0, 0.05) is 24.2 Å². The van der Waals surface area contributed by atoms with Crippen molar-refractivity contribution < 1.29 is 18.8 Å². The molecule has 168 valence electrons. The zero-order valence-corrected chi connectivity index (χ0v) is 18.5. The summed E-state index contributed by atoms with van der Waals surface area (Å²) in [5.41, 5.74) is 2.04. The van der Waals surface area contributed by atoms with Crippen LogP contribution >= 0.6 is 0 Å². The molecular weight excluding hydrogens is 409 g/mol. The number of nitrogens with zero attached hydrogens (tertiary/aromatic N) is 2. The van der Waals surface area contributed by atoms with Gasteiger partial charge in [-0.2, -0.15) is 0 Å². The number of hydrogen-bond acceptors (Lipinski definition) is 5. The summed E-state index contributed by atoms with van der Waals surface area (Å²) in [4.78, 5) is 15.3. The summed E-state index contributed by atoms with van der Waals surface area (Å²) in [7, 11) is 0. The Balaban J connectivity index is 1.70. The van der Waals surface area contributed by atoms with Crippen molar-refractivity contribution in [2.75, 3.05) is 6.54 Å². The molecule has 1 aromatic heterocycles. The van der Waals surface area contributed by atoms with Crippen LogP contribution in [0.25, 0.3) is 0 Å². The number of amides is 1. The molecule has 2 N–H and O–H groups in total. The summed E-state index contributed by atoms with van der Waals surface area (Å²) in [6.45, 7) is 6.78. The molecule has 1 amide bonds. The Bertz CT molecular complexity index is 1060. The Morgan fingerprint density at radius 2 is 1.91 bits per heavy atom. The highest BCUT2D eigenvalue weighted by Crippen LogP contribution is 2.38. The lowest BCUT2D eigenvalue weighted by Crippen LogP contribution is -2.62. The van der Waals surface area contributed by atoms with E-state index < -0.39 is 17.5 Å². The van der Waals surface area contributed by atoms with Crippen molar-refractivity contribution in [2.24, 2.45) is 0 Å². The average Bonchev–Trinajstić information content (AvgIpc) is 3.09. The van der Waals surface area contributed by atoms with E-state index in [1.807, 2.05) is 44.2 Å². The molecule has 1 fully saturated rings. The molecule has 0 bridgehead atoms. The normalized spacial score (nSPS) is 23.8. The van der Waals surface area contributed by atoms with Gasteiger partial charge in [0.2, 0.25) is 0 Å². The monoisotopic (exact) mass is 437 g/mol. The van der Waals surface area contributed by atoms with Crippen LogP contribution in [-0.4, -0.2) is 39.3 Å². The van der Waals surface area contributed by atoms with Crippen LogP contribution in [0.2, 0.25) is 0 Å². The van der Waals surface area contributed by atoms with Gasteiger partial charge < -0.3 is 14.9 Å². The van der Waals surface area contributed by atoms with E-state index in [1.54, 1.807) is 6.92 Å². The van der Waals surface area contributed by atoms with E-state index in [0.717, 1.165) is 22.6 Å². The van der Waals surface area contributed by atoms with Gasteiger partial charge in [0.1, 0.15) is 11.6 Å². The van der Waals surface area contributed by atoms with Gasteiger partial charge in [0.15, 0.2) is 0 Å². The second-order valence-electron chi connectivity index (χ2n) is 8.69. The predicted octanol–water partition coefficient (Wildman–Crippen LogP) is 3.93. The van der Waals surface area contributed by atoms with E-state index in [-0.39, 0.29) is 11.9 Å². The lowest BCUT2D eigenvalue weighted by Gasteiger charge is -2.49. The zero-order chi connectivity index (χ0) is 22.9. The van der Waals surface area contributed by atoms with Crippen molar-refractivity contribution >= 4 is 5.91 Å². The van der Waals surface area contributed by atoms with Gasteiger partial charge in [-0.05, 0) is 57.0 Å². The van der Waals surface area contributed by atoms with E-state index in [1.165, 1.54) is 24.3 Å². The number of benzene rings is 2. The number of carbonyl (C=O) groups excluding carboxylic acids is 1. The highest BCUT2D eigenvalue weighted by molar-refractivity contribution is 5.94. The van der Waals surface area contributed by atoms with Crippen molar-refractivity contribution in [1.82, 2.24) is 15.4 Å². The van der Waals surface area contributed by atoms with Crippen molar-refractivity contribution in [2.45, 2.75) is 51.4 Å². The highest BCUT2D eigenvalue weighted by Gasteiger charge is 2.46. The number of likely N-dealkylation sites (tertiary alicyclic amines) is 1. The number of rotatable bonds is 5. The van der Waals surface area contributed by atoms with Crippen LogP contribution in [0.15, 0.2) is 59.1 Å². The van der Waals surface area contributed by atoms with E-state index in [4.69, 9.17) is 4.52 Å². The maximum atomic E-state index is 13.3. The van der Waals surface area contributed by atoms with Crippen LogP contribution in [0.3, 0.4) is 0 Å². The molecule has 6 nitrogen and oxygen atoms in total. The lowest BCUT2D eigenvalue weighted by molar-refractivity contribution is -0.0666. The van der Waals surface area contributed by atoms with Crippen LogP contribution in [0.1, 0.15) is 52.3 Å². The maximum Gasteiger partial charge on any atom is 0.251 e. The minimum Gasteiger partial charge on any atom is -0.388 e. The summed E-state index contributed by atoms with van der Waals surface area (Å²) >= 11 is 0. The molecule has 7 heteroatoms. The summed E-state index contributed by atoms with van der Waals surface area (Å²) in [6, 6.07) is 14.4. The second-order valence-corrected chi connectivity index (χ2v) is 8.69. The summed E-state index contributed by atoms with van der Waals surface area (Å²) in [6.07, 6.45) is 0.480. The topological polar surface area (TPSA) is 78.6 Å². The van der Waals surface area contributed by atoms with Gasteiger partial charge in [0.05, 0.1) is 23.4 Å². The van der Waals surface area contributed by atoms with Crippen molar-refractivity contribution in [3.63, 3.8) is 0 Å². The number of hydrogen-bond donors (Lipinski definition) is 2. The van der Waals surface area contributed by atoms with E-state index in [2.05, 4.69) is 15.4 Å². The molecule has 1 aliphatic heterocycles. The highest BCUT2D eigenvalue weighted by atomic mass is 19.1. The molecule has 3 aromatic rings. The van der Waals surface area contributed by atoms with E-state index in [9.17, 15) is 14.3 Å². The summed E-state index contributed by atoms with van der Waals surface area (Å²) in [5.74, 6) is 0.00736. The molecule has 3 unspecified atom stereocenters. The van der Waals surface area contributed by atoms with Gasteiger partial charge in [-0.15, -0.1) is 0 Å². The number of nitrogens with one attached hydrogen (secondary N) is 1. The molecule has 2 aromatic carbocycles. The number of aryl methyl sites for hydroxylation is 2. The van der Waals surface area contributed by atoms with Gasteiger partial charge in [-0.25, -0.2) is 4.39 Å². The van der Waals surface area contributed by atoms with Crippen molar-refractivity contribution in [3.8, 4) is 0 Å². The van der Waals surface area contributed by atoms with Crippen LogP contribution in [-0.2, 0) is 6.54 Å². The number of aromatic nitrogens is 1. The first-order valence-electron chi connectivity index (χ1n) is 10.8. The third-order valence-corrected chi connectivity index (χ3v) is 6.36. The molecule has 3 atom stereocenters. The van der Waals surface area contributed by atoms with Crippen LogP contribution in [0, 0.1) is 19.7 Å². The third-order valence-electron chi connectivity index (χ3n) is 6.36. The molecule has 4 rings (SSSR count). The smallest absolute Gasteiger partial charge is 0.251 e. The standard InChI is InChI=1S/C25H28FN3O3/c1-16-21(17(2)32-28-16)15-29-14-13-25(3,31)23(22(29)18-7-5-4-6-8-18)27-24(30)19-9-11-20(26)12-10-19/h4-12,22-23,31H,13-15H2,1-3H3,(H,27,30). The minimum atomic E-state index is -1.13. The third kappa shape index (κ3) is 4.45. The predicted molar refractivity (Wildman–Crippen MR) is 118 cm³/mol. The first-order valence-corrected chi connectivity index (χ1v) is 10.8. The van der Waals surface area contributed by atoms with Crippen LogP contribution in [0.5, 0.6) is 0 Å². The Kier molecular flexibility index (Phi) is 6.13. The first kappa shape index (κ1) is 22.2. The Morgan fingerprint density at radius 1 is 1.22 bits per heavy atom. The second kappa shape index (κ2) is 8.84. The summed E-state index contributed by atoms with van der Waals surface area (Å²) in [5, 5.41) is 18.4. The molecule has 0 radical (unpaired) electrons. The largest absolute Gasteiger partial charge is 0.388 e. The van der Waals surface area contributed by atoms with Crippen molar-refractivity contribution in [1.29, 1.82) is 0 Å². The average molecular weight is 438 g/mol. The molecular formula is C25H28FN3O3. The number of aliphatic hydroxyl groups is 1. The fourth-order valence-corrected chi connectivity index (χ4v) is 4.44. The van der Waals surface area contributed by atoms with Crippen LogP contribution in [0.4, 0.5) is 4.39 Å². The molecule has 0 saturated carbocycles. The SMILES string of the molecule is Cc1noc(C)c1CN1CCC(C)(O)C(NC(=O)c2ccc(F)cc2)C1c1ccccc1.